The molecule has 0 aliphatic rings. The van der Waals surface area contributed by atoms with Crippen LogP contribution in [0.4, 0.5) is 5.69 Å². The topological polar surface area (TPSA) is 168 Å². The third kappa shape index (κ3) is 6.72. The number of benzene rings is 2. The van der Waals surface area contributed by atoms with Crippen molar-refractivity contribution in [2.24, 2.45) is 0 Å². The Hall–Kier alpha value is -4.82. The lowest BCUT2D eigenvalue weighted by molar-refractivity contribution is -0.385. The molecule has 0 saturated heterocycles. The molecule has 0 fully saturated rings. The fourth-order valence-corrected chi connectivity index (χ4v) is 5.38. The average Bonchev–Trinajstić information content (AvgIpc) is 3.31. The van der Waals surface area contributed by atoms with E-state index in [1.165, 1.54) is 17.9 Å². The molecule has 2 aromatic heterocycles. The number of rotatable bonds is 12. The smallest absolute Gasteiger partial charge is 0.272 e. The number of non-ortho nitro benzene ring substituents is 1. The molecular weight excluding hydrogens is 564 g/mol. The van der Waals surface area contributed by atoms with Gasteiger partial charge in [0.15, 0.2) is 5.69 Å². The molecule has 2 aromatic carbocycles. The summed E-state index contributed by atoms with van der Waals surface area (Å²) in [5.74, 6) is -0.0557. The minimum atomic E-state index is -4.24. The third-order valence-electron chi connectivity index (χ3n) is 6.38. The first-order valence-electron chi connectivity index (χ1n) is 12.9. The Balaban J connectivity index is 1.80. The largest absolute Gasteiger partial charge is 0.497 e. The van der Waals surface area contributed by atoms with E-state index in [0.717, 1.165) is 17.7 Å². The Morgan fingerprint density at radius 3 is 2.52 bits per heavy atom. The molecule has 2 heterocycles. The lowest BCUT2D eigenvalue weighted by atomic mass is 10.2. The predicted octanol–water partition coefficient (Wildman–Crippen LogP) is 4.29. The number of hydrogen-bond donors (Lipinski definition) is 2. The van der Waals surface area contributed by atoms with Crippen molar-refractivity contribution in [1.82, 2.24) is 24.8 Å². The maximum Gasteiger partial charge on any atom is 0.272 e. The Morgan fingerprint density at radius 1 is 1.17 bits per heavy atom. The third-order valence-corrected chi connectivity index (χ3v) is 7.99. The van der Waals surface area contributed by atoms with E-state index in [2.05, 4.69) is 20.1 Å². The molecule has 0 aliphatic heterocycles. The van der Waals surface area contributed by atoms with Crippen LogP contribution in [0.25, 0.3) is 5.69 Å². The van der Waals surface area contributed by atoms with Gasteiger partial charge in [-0.15, -0.1) is 0 Å². The van der Waals surface area contributed by atoms with Crippen molar-refractivity contribution in [2.75, 3.05) is 7.11 Å². The summed E-state index contributed by atoms with van der Waals surface area (Å²) < 4.78 is 41.9. The molecular formula is C28H30N6O7S. The van der Waals surface area contributed by atoms with Gasteiger partial charge >= 0.3 is 0 Å². The molecule has 14 heteroatoms. The Bertz CT molecular complexity index is 1690. The first-order valence-corrected chi connectivity index (χ1v) is 14.4. The monoisotopic (exact) mass is 594 g/mol. The molecule has 0 radical (unpaired) electrons. The summed E-state index contributed by atoms with van der Waals surface area (Å²) in [6, 6.07) is 13.2. The van der Waals surface area contributed by atoms with Crippen molar-refractivity contribution in [3.63, 3.8) is 0 Å². The zero-order valence-electron chi connectivity index (χ0n) is 23.4. The van der Waals surface area contributed by atoms with Crippen LogP contribution < -0.4 is 19.5 Å². The van der Waals surface area contributed by atoms with E-state index in [1.54, 1.807) is 63.5 Å². The van der Waals surface area contributed by atoms with Crippen LogP contribution in [0.15, 0.2) is 71.9 Å². The van der Waals surface area contributed by atoms with E-state index >= 15 is 0 Å². The molecule has 0 bridgehead atoms. The predicted molar refractivity (Wildman–Crippen MR) is 154 cm³/mol. The molecule has 42 heavy (non-hydrogen) atoms. The van der Waals surface area contributed by atoms with Gasteiger partial charge in [-0.1, -0.05) is 13.0 Å². The lowest BCUT2D eigenvalue weighted by Gasteiger charge is -2.16. The summed E-state index contributed by atoms with van der Waals surface area (Å²) in [5, 5.41) is 18.8. The van der Waals surface area contributed by atoms with Gasteiger partial charge in [-0.3, -0.25) is 19.9 Å². The fraction of sp³-hybridized carbons (Fsp3) is 0.250. The standard InChI is InChI=1S/C28H30N6O7S/c1-5-18(2)32-42(38,39)25-15-22(34(36)37)10-13-24(25)41-28-19(3)26(27(35)30-17-20-7-6-14-29-16-20)31-33(28)21-8-11-23(40-4)12-9-21/h6-16,18,32H,5,17H2,1-4H3,(H,30,35)/t18-/m1/s1. The van der Waals surface area contributed by atoms with E-state index in [1.807, 2.05) is 6.07 Å². The van der Waals surface area contributed by atoms with E-state index < -0.39 is 37.5 Å². The van der Waals surface area contributed by atoms with Gasteiger partial charge in [0.25, 0.3) is 11.6 Å². The number of sulfonamides is 1. The van der Waals surface area contributed by atoms with E-state index in [4.69, 9.17) is 9.47 Å². The van der Waals surface area contributed by atoms with Crippen LogP contribution in [0.3, 0.4) is 0 Å². The molecule has 1 atom stereocenters. The highest BCUT2D eigenvalue weighted by Crippen LogP contribution is 2.36. The summed E-state index contributed by atoms with van der Waals surface area (Å²) in [5.41, 5.74) is 1.19. The molecule has 0 spiro atoms. The average molecular weight is 595 g/mol. The maximum atomic E-state index is 13.3. The first kappa shape index (κ1) is 30.1. The second kappa shape index (κ2) is 12.8. The van der Waals surface area contributed by atoms with Gasteiger partial charge in [-0.2, -0.15) is 9.78 Å². The molecule has 13 nitrogen and oxygen atoms in total. The zero-order chi connectivity index (χ0) is 30.4. The second-order valence-electron chi connectivity index (χ2n) is 9.35. The number of amides is 1. The summed E-state index contributed by atoms with van der Waals surface area (Å²) in [6.45, 7) is 5.28. The van der Waals surface area contributed by atoms with Crippen molar-refractivity contribution < 1.29 is 27.6 Å². The van der Waals surface area contributed by atoms with Crippen molar-refractivity contribution in [2.45, 2.75) is 44.7 Å². The zero-order valence-corrected chi connectivity index (χ0v) is 24.2. The van der Waals surface area contributed by atoms with Crippen molar-refractivity contribution in [3.8, 4) is 23.1 Å². The molecule has 0 saturated carbocycles. The Labute approximate surface area is 242 Å². The summed E-state index contributed by atoms with van der Waals surface area (Å²) in [4.78, 5) is 27.6. The van der Waals surface area contributed by atoms with Crippen LogP contribution in [0, 0.1) is 17.0 Å². The Morgan fingerprint density at radius 2 is 1.90 bits per heavy atom. The molecule has 0 unspecified atom stereocenters. The minimum absolute atomic E-state index is 0.0359. The number of nitrogens with one attached hydrogen (secondary N) is 2. The summed E-state index contributed by atoms with van der Waals surface area (Å²) in [7, 11) is -2.71. The van der Waals surface area contributed by atoms with Gasteiger partial charge in [-0.05, 0) is 62.2 Å². The van der Waals surface area contributed by atoms with Gasteiger partial charge in [0, 0.05) is 42.7 Å². The van der Waals surface area contributed by atoms with Gasteiger partial charge in [0.05, 0.1) is 17.7 Å². The van der Waals surface area contributed by atoms with Crippen molar-refractivity contribution >= 4 is 21.6 Å². The maximum absolute atomic E-state index is 13.3. The number of nitro benzene ring substituents is 1. The number of pyridine rings is 1. The van der Waals surface area contributed by atoms with Crippen LogP contribution in [-0.2, 0) is 16.6 Å². The van der Waals surface area contributed by atoms with Crippen LogP contribution in [0.2, 0.25) is 0 Å². The Kier molecular flexibility index (Phi) is 9.18. The first-order chi connectivity index (χ1) is 20.0. The number of ether oxygens (including phenoxy) is 2. The number of nitro groups is 1. The molecule has 2 N–H and O–H groups in total. The van der Waals surface area contributed by atoms with Gasteiger partial charge in [-0.25, -0.2) is 13.1 Å². The van der Waals surface area contributed by atoms with Crippen LogP contribution in [-0.4, -0.2) is 47.2 Å². The molecule has 4 rings (SSSR count). The number of carbonyl (C=O) groups excluding carboxylic acids is 1. The van der Waals surface area contributed by atoms with Crippen LogP contribution >= 0.6 is 0 Å². The number of methoxy groups -OCH3 is 1. The normalized spacial score (nSPS) is 12.0. The van der Waals surface area contributed by atoms with Gasteiger partial charge < -0.3 is 14.8 Å². The van der Waals surface area contributed by atoms with Crippen LogP contribution in [0.1, 0.15) is 41.9 Å². The van der Waals surface area contributed by atoms with E-state index in [-0.39, 0.29) is 23.9 Å². The summed E-state index contributed by atoms with van der Waals surface area (Å²) >= 11 is 0. The van der Waals surface area contributed by atoms with Gasteiger partial charge in [0.1, 0.15) is 16.4 Å². The SMILES string of the molecule is CC[C@@H](C)NS(=O)(=O)c1cc([N+](=O)[O-])ccc1Oc1c(C)c(C(=O)NCc2cccnc2)nn1-c1ccc(OC)cc1. The summed E-state index contributed by atoms with van der Waals surface area (Å²) in [6.07, 6.45) is 3.74. The quantitative estimate of drug-likeness (QED) is 0.180. The fourth-order valence-electron chi connectivity index (χ4n) is 3.90. The number of carbonyl (C=O) groups is 1. The lowest BCUT2D eigenvalue weighted by Crippen LogP contribution is -2.32. The minimum Gasteiger partial charge on any atom is -0.497 e. The van der Waals surface area contributed by atoms with Gasteiger partial charge in [0.2, 0.25) is 15.9 Å². The second-order valence-corrected chi connectivity index (χ2v) is 11.0. The van der Waals surface area contributed by atoms with Crippen molar-refractivity contribution in [3.05, 3.63) is 93.9 Å². The number of hydrogen-bond acceptors (Lipinski definition) is 9. The highest BCUT2D eigenvalue weighted by Gasteiger charge is 2.28. The molecule has 1 amide bonds. The number of nitrogens with zero attached hydrogens (tertiary/aromatic N) is 4. The number of aromatic nitrogens is 3. The van der Waals surface area contributed by atoms with Crippen LogP contribution in [0.5, 0.6) is 17.4 Å². The van der Waals surface area contributed by atoms with E-state index in [9.17, 15) is 23.3 Å². The molecule has 220 valence electrons. The van der Waals surface area contributed by atoms with E-state index in [0.29, 0.717) is 23.4 Å². The molecule has 0 aliphatic carbocycles. The highest BCUT2D eigenvalue weighted by molar-refractivity contribution is 7.89. The highest BCUT2D eigenvalue weighted by atomic mass is 32.2. The molecule has 4 aromatic rings. The van der Waals surface area contributed by atoms with Crippen molar-refractivity contribution in [1.29, 1.82) is 0 Å².